The first kappa shape index (κ1) is 17.4. The average Bonchev–Trinajstić information content (AvgIpc) is 2.43. The Kier molecular flexibility index (Phi) is 7.15. The molecular weight excluding hydrogens is 294 g/mol. The number of nitro groups is 1. The Morgan fingerprint density at radius 3 is 2.71 bits per heavy atom. The number of carbonyl (C=O) groups is 1. The molecule has 0 aliphatic carbocycles. The molecule has 0 bridgehead atoms. The Morgan fingerprint density at radius 2 is 2.10 bits per heavy atom. The Labute approximate surface area is 129 Å². The number of esters is 1. The second-order valence-electron chi connectivity index (χ2n) is 4.96. The van der Waals surface area contributed by atoms with Gasteiger partial charge in [-0.3, -0.25) is 10.1 Å². The van der Waals surface area contributed by atoms with Gasteiger partial charge in [-0.2, -0.15) is 0 Å². The first-order chi connectivity index (χ1) is 9.97. The highest BCUT2D eigenvalue weighted by molar-refractivity contribution is 6.35. The van der Waals surface area contributed by atoms with Crippen molar-refractivity contribution in [3.05, 3.63) is 38.9 Å². The summed E-state index contributed by atoms with van der Waals surface area (Å²) in [5.74, 6) is -0.619. The normalized spacial score (nSPS) is 12.0. The van der Waals surface area contributed by atoms with Gasteiger partial charge in [-0.05, 0) is 25.8 Å². The number of hydrogen-bond donors (Lipinski definition) is 0. The van der Waals surface area contributed by atoms with E-state index in [-0.39, 0.29) is 22.4 Å². The van der Waals surface area contributed by atoms with Crippen LogP contribution in [0.4, 0.5) is 5.69 Å². The van der Waals surface area contributed by atoms with Crippen LogP contribution in [0.5, 0.6) is 0 Å². The maximum absolute atomic E-state index is 12.0. The minimum Gasteiger partial charge on any atom is -0.459 e. The lowest BCUT2D eigenvalue weighted by Crippen LogP contribution is -2.15. The summed E-state index contributed by atoms with van der Waals surface area (Å²) in [6.07, 6.45) is 4.96. The molecule has 0 heterocycles. The summed E-state index contributed by atoms with van der Waals surface area (Å²) in [7, 11) is 0. The number of rotatable bonds is 8. The minimum absolute atomic E-state index is 0.0336. The lowest BCUT2D eigenvalue weighted by atomic mass is 10.1. The number of ether oxygens (including phenoxy) is 1. The maximum atomic E-state index is 12.0. The van der Waals surface area contributed by atoms with E-state index in [2.05, 4.69) is 6.92 Å². The molecule has 1 aromatic carbocycles. The Morgan fingerprint density at radius 1 is 1.38 bits per heavy atom. The predicted molar refractivity (Wildman–Crippen MR) is 81.7 cm³/mol. The van der Waals surface area contributed by atoms with E-state index >= 15 is 0 Å². The number of nitro benzene ring substituents is 1. The molecule has 0 saturated heterocycles. The lowest BCUT2D eigenvalue weighted by molar-refractivity contribution is -0.384. The molecule has 21 heavy (non-hydrogen) atoms. The molecule has 5 nitrogen and oxygen atoms in total. The molecule has 1 aromatic rings. The Hall–Kier alpha value is -1.62. The average molecular weight is 314 g/mol. The van der Waals surface area contributed by atoms with Gasteiger partial charge >= 0.3 is 5.97 Å². The second-order valence-corrected chi connectivity index (χ2v) is 5.34. The van der Waals surface area contributed by atoms with Crippen LogP contribution in [-0.4, -0.2) is 17.0 Å². The zero-order chi connectivity index (χ0) is 15.8. The number of hydrogen-bond acceptors (Lipinski definition) is 4. The fraction of sp³-hybridized carbons (Fsp3) is 0.533. The summed E-state index contributed by atoms with van der Waals surface area (Å²) in [6.45, 7) is 3.95. The van der Waals surface area contributed by atoms with Gasteiger partial charge in [0.15, 0.2) is 0 Å². The molecule has 0 aliphatic heterocycles. The van der Waals surface area contributed by atoms with Gasteiger partial charge in [0.25, 0.3) is 5.69 Å². The SMILES string of the molecule is CCCCCCC(C)OC(=O)c1cccc([N+](=O)[O-])c1Cl. The first-order valence-corrected chi connectivity index (χ1v) is 7.49. The first-order valence-electron chi connectivity index (χ1n) is 7.11. The van der Waals surface area contributed by atoms with Crippen LogP contribution in [0.2, 0.25) is 5.02 Å². The largest absolute Gasteiger partial charge is 0.459 e. The number of unbranched alkanes of at least 4 members (excludes halogenated alkanes) is 3. The molecule has 0 spiro atoms. The van der Waals surface area contributed by atoms with Gasteiger partial charge in [-0.15, -0.1) is 0 Å². The number of carbonyl (C=O) groups excluding carboxylic acids is 1. The van der Waals surface area contributed by atoms with Crippen LogP contribution in [0.1, 0.15) is 56.3 Å². The predicted octanol–water partition coefficient (Wildman–Crippen LogP) is 4.76. The monoisotopic (exact) mass is 313 g/mol. The summed E-state index contributed by atoms with van der Waals surface area (Å²) in [4.78, 5) is 22.2. The summed E-state index contributed by atoms with van der Waals surface area (Å²) >= 11 is 5.89. The van der Waals surface area contributed by atoms with Crippen LogP contribution in [-0.2, 0) is 4.74 Å². The number of nitrogens with zero attached hydrogens (tertiary/aromatic N) is 1. The molecule has 116 valence electrons. The molecule has 1 rings (SSSR count). The quantitative estimate of drug-likeness (QED) is 0.300. The zero-order valence-electron chi connectivity index (χ0n) is 12.3. The highest BCUT2D eigenvalue weighted by Crippen LogP contribution is 2.28. The van der Waals surface area contributed by atoms with Gasteiger partial charge in [0.2, 0.25) is 0 Å². The lowest BCUT2D eigenvalue weighted by Gasteiger charge is -2.13. The van der Waals surface area contributed by atoms with Crippen molar-refractivity contribution in [3.63, 3.8) is 0 Å². The molecule has 1 unspecified atom stereocenters. The third-order valence-electron chi connectivity index (χ3n) is 3.17. The molecule has 0 radical (unpaired) electrons. The van der Waals surface area contributed by atoms with Crippen molar-refractivity contribution in [3.8, 4) is 0 Å². The highest BCUT2D eigenvalue weighted by atomic mass is 35.5. The third kappa shape index (κ3) is 5.34. The van der Waals surface area contributed by atoms with Crippen LogP contribution in [0.25, 0.3) is 0 Å². The third-order valence-corrected chi connectivity index (χ3v) is 3.56. The maximum Gasteiger partial charge on any atom is 0.340 e. The van der Waals surface area contributed by atoms with Crippen molar-refractivity contribution >= 4 is 23.3 Å². The second kappa shape index (κ2) is 8.62. The van der Waals surface area contributed by atoms with E-state index in [9.17, 15) is 14.9 Å². The van der Waals surface area contributed by atoms with Crippen molar-refractivity contribution in [2.45, 2.75) is 52.1 Å². The molecule has 0 N–H and O–H groups in total. The summed E-state index contributed by atoms with van der Waals surface area (Å²) in [5.41, 5.74) is -0.256. The van der Waals surface area contributed by atoms with Gasteiger partial charge in [0.1, 0.15) is 5.02 Å². The smallest absolute Gasteiger partial charge is 0.340 e. The molecule has 0 saturated carbocycles. The van der Waals surface area contributed by atoms with Crippen molar-refractivity contribution in [1.29, 1.82) is 0 Å². The molecule has 6 heteroatoms. The fourth-order valence-electron chi connectivity index (χ4n) is 1.98. The molecule has 0 amide bonds. The van der Waals surface area contributed by atoms with Gasteiger partial charge in [0, 0.05) is 6.07 Å². The van der Waals surface area contributed by atoms with Crippen LogP contribution >= 0.6 is 11.6 Å². The summed E-state index contributed by atoms with van der Waals surface area (Å²) in [6, 6.07) is 4.11. The van der Waals surface area contributed by atoms with E-state index in [0.717, 1.165) is 32.1 Å². The van der Waals surface area contributed by atoms with Crippen molar-refractivity contribution in [2.24, 2.45) is 0 Å². The number of halogens is 1. The van der Waals surface area contributed by atoms with Crippen LogP contribution in [0.15, 0.2) is 18.2 Å². The van der Waals surface area contributed by atoms with Crippen molar-refractivity contribution < 1.29 is 14.5 Å². The zero-order valence-corrected chi connectivity index (χ0v) is 13.1. The summed E-state index contributed by atoms with van der Waals surface area (Å²) < 4.78 is 5.29. The standard InChI is InChI=1S/C15H20ClNO4/c1-3-4-5-6-8-11(2)21-15(18)12-9-7-10-13(14(12)16)17(19)20/h7,9-11H,3-6,8H2,1-2H3. The van der Waals surface area contributed by atoms with E-state index in [4.69, 9.17) is 16.3 Å². The van der Waals surface area contributed by atoms with E-state index in [0.29, 0.717) is 0 Å². The number of benzene rings is 1. The molecule has 0 aromatic heterocycles. The van der Waals surface area contributed by atoms with Gasteiger partial charge in [-0.25, -0.2) is 4.79 Å². The molecular formula is C15H20ClNO4. The van der Waals surface area contributed by atoms with Crippen molar-refractivity contribution in [1.82, 2.24) is 0 Å². The Bertz CT molecular complexity index is 504. The minimum atomic E-state index is -0.619. The van der Waals surface area contributed by atoms with E-state index < -0.39 is 10.9 Å². The van der Waals surface area contributed by atoms with Gasteiger partial charge in [0.05, 0.1) is 16.6 Å². The molecule has 0 aliphatic rings. The fourth-order valence-corrected chi connectivity index (χ4v) is 2.25. The van der Waals surface area contributed by atoms with Crippen LogP contribution < -0.4 is 0 Å². The van der Waals surface area contributed by atoms with E-state index in [1.165, 1.54) is 18.2 Å². The van der Waals surface area contributed by atoms with Crippen molar-refractivity contribution in [2.75, 3.05) is 0 Å². The van der Waals surface area contributed by atoms with E-state index in [1.54, 1.807) is 0 Å². The topological polar surface area (TPSA) is 69.4 Å². The molecule has 1 atom stereocenters. The summed E-state index contributed by atoms with van der Waals surface area (Å²) in [5, 5.41) is 10.6. The Balaban J connectivity index is 2.63. The molecule has 0 fully saturated rings. The van der Waals surface area contributed by atoms with Crippen LogP contribution in [0, 0.1) is 10.1 Å². The van der Waals surface area contributed by atoms with Gasteiger partial charge < -0.3 is 4.74 Å². The van der Waals surface area contributed by atoms with Gasteiger partial charge in [-0.1, -0.05) is 43.9 Å². The van der Waals surface area contributed by atoms with E-state index in [1.807, 2.05) is 6.92 Å². The highest BCUT2D eigenvalue weighted by Gasteiger charge is 2.22. The van der Waals surface area contributed by atoms with Crippen LogP contribution in [0.3, 0.4) is 0 Å².